The number of hydrogen-bond acceptors (Lipinski definition) is 2. The van der Waals surface area contributed by atoms with Gasteiger partial charge in [-0.2, -0.15) is 10.9 Å². The zero-order chi connectivity index (χ0) is 13.4. The highest BCUT2D eigenvalue weighted by Gasteiger charge is 2.22. The van der Waals surface area contributed by atoms with Crippen LogP contribution < -0.4 is 4.90 Å². The van der Waals surface area contributed by atoms with Crippen molar-refractivity contribution in [3.8, 4) is 0 Å². The van der Waals surface area contributed by atoms with Crippen LogP contribution in [-0.2, 0) is 11.8 Å². The highest BCUT2D eigenvalue weighted by Crippen LogP contribution is 2.50. The maximum absolute atomic E-state index is 11.2. The number of amides is 1. The van der Waals surface area contributed by atoms with Gasteiger partial charge in [-0.05, 0) is 22.9 Å². The zero-order valence-electron chi connectivity index (χ0n) is 10.8. The molecule has 0 aromatic carbocycles. The van der Waals surface area contributed by atoms with E-state index in [1.54, 1.807) is 18.1 Å². The minimum absolute atomic E-state index is 0.523. The molecule has 0 unspecified atom stereocenters. The van der Waals surface area contributed by atoms with Crippen LogP contribution in [0.1, 0.15) is 0 Å². The zero-order valence-corrected chi connectivity index (χ0v) is 11.7. The molecule has 2 aromatic rings. The minimum Gasteiger partial charge on any atom is -0.328 e. The van der Waals surface area contributed by atoms with Crippen molar-refractivity contribution in [3.05, 3.63) is 41.3 Å². The summed E-state index contributed by atoms with van der Waals surface area (Å²) < 4.78 is 2.04. The number of hydrogen-bond donors (Lipinski definition) is 1. The molecule has 1 aliphatic heterocycles. The number of aryl methyl sites for hydroxylation is 1. The molecule has 98 valence electrons. The standard InChI is InChI=1S/C14H15N3OS/c1-16(10-18)14-13(19-8-3-4-9-19)12-11(17(14)2)6-5-7-15-12/h3-10,19H,1-2H3. The fourth-order valence-electron chi connectivity index (χ4n) is 2.40. The first-order valence-electron chi connectivity index (χ1n) is 5.99. The van der Waals surface area contributed by atoms with Crippen molar-refractivity contribution < 1.29 is 4.79 Å². The van der Waals surface area contributed by atoms with Crippen LogP contribution in [0.5, 0.6) is 0 Å². The van der Waals surface area contributed by atoms with Crippen LogP contribution in [0.3, 0.4) is 0 Å². The van der Waals surface area contributed by atoms with E-state index >= 15 is 0 Å². The van der Waals surface area contributed by atoms with E-state index in [1.807, 2.05) is 23.7 Å². The lowest BCUT2D eigenvalue weighted by atomic mass is 10.4. The number of pyridine rings is 1. The summed E-state index contributed by atoms with van der Waals surface area (Å²) in [5.74, 6) is 0.922. The van der Waals surface area contributed by atoms with Crippen molar-refractivity contribution in [3.63, 3.8) is 0 Å². The molecule has 4 nitrogen and oxygen atoms in total. The Balaban J connectivity index is 2.35. The number of fused-ring (bicyclic) bond motifs is 1. The van der Waals surface area contributed by atoms with Crippen LogP contribution in [0.4, 0.5) is 5.82 Å². The Morgan fingerprint density at radius 2 is 2.11 bits per heavy atom. The van der Waals surface area contributed by atoms with Crippen molar-refractivity contribution >= 4 is 34.2 Å². The molecule has 1 amide bonds. The first-order valence-corrected chi connectivity index (χ1v) is 7.47. The highest BCUT2D eigenvalue weighted by molar-refractivity contribution is 8.22. The van der Waals surface area contributed by atoms with Crippen molar-refractivity contribution in [2.45, 2.75) is 4.90 Å². The smallest absolute Gasteiger partial charge is 0.215 e. The molecular formula is C14H15N3OS. The SMILES string of the molecule is CN(C=O)c1c([SH]2C=CC=C2)c2ncccc2n1C. The second kappa shape index (κ2) is 4.59. The van der Waals surface area contributed by atoms with Crippen LogP contribution in [0.25, 0.3) is 11.0 Å². The molecule has 0 N–H and O–H groups in total. The second-order valence-corrected chi connectivity index (χ2v) is 6.27. The van der Waals surface area contributed by atoms with E-state index in [4.69, 9.17) is 0 Å². The van der Waals surface area contributed by atoms with E-state index in [0.717, 1.165) is 28.2 Å². The number of carbonyl (C=O) groups is 1. The lowest BCUT2D eigenvalue weighted by molar-refractivity contribution is -0.107. The number of carbonyl (C=O) groups excluding carboxylic acids is 1. The molecule has 3 heterocycles. The summed E-state index contributed by atoms with van der Waals surface area (Å²) in [4.78, 5) is 18.4. The molecule has 3 rings (SSSR count). The summed E-state index contributed by atoms with van der Waals surface area (Å²) in [5.41, 5.74) is 2.04. The Bertz CT molecular complexity index is 690. The number of aromatic nitrogens is 2. The minimum atomic E-state index is -0.523. The summed E-state index contributed by atoms with van der Waals surface area (Å²) in [5, 5.41) is 4.36. The Labute approximate surface area is 114 Å². The molecule has 5 heteroatoms. The average molecular weight is 273 g/mol. The summed E-state index contributed by atoms with van der Waals surface area (Å²) in [6.45, 7) is 0. The predicted octanol–water partition coefficient (Wildman–Crippen LogP) is 2.57. The quantitative estimate of drug-likeness (QED) is 0.689. The van der Waals surface area contributed by atoms with Gasteiger partial charge in [0.1, 0.15) is 11.3 Å². The topological polar surface area (TPSA) is 38.1 Å². The third-order valence-electron chi connectivity index (χ3n) is 3.26. The third-order valence-corrected chi connectivity index (χ3v) is 5.17. The summed E-state index contributed by atoms with van der Waals surface area (Å²) in [6, 6.07) is 3.96. The van der Waals surface area contributed by atoms with Gasteiger partial charge >= 0.3 is 0 Å². The number of anilines is 1. The first kappa shape index (κ1) is 12.0. The van der Waals surface area contributed by atoms with E-state index in [0.29, 0.717) is 0 Å². The van der Waals surface area contributed by atoms with Crippen LogP contribution in [0, 0.1) is 0 Å². The lowest BCUT2D eigenvalue weighted by Crippen LogP contribution is -2.17. The number of rotatable bonds is 3. The fourth-order valence-corrected chi connectivity index (χ4v) is 4.33. The van der Waals surface area contributed by atoms with Crippen molar-refractivity contribution in [1.29, 1.82) is 0 Å². The molecule has 1 aliphatic rings. The third kappa shape index (κ3) is 1.77. The van der Waals surface area contributed by atoms with Gasteiger partial charge in [0.15, 0.2) is 0 Å². The molecule has 0 atom stereocenters. The summed E-state index contributed by atoms with van der Waals surface area (Å²) in [6.07, 6.45) is 6.75. The normalized spacial score (nSPS) is 15.4. The molecule has 0 radical (unpaired) electrons. The fraction of sp³-hybridized carbons (Fsp3) is 0.143. The first-order chi connectivity index (χ1) is 9.24. The monoisotopic (exact) mass is 273 g/mol. The van der Waals surface area contributed by atoms with Gasteiger partial charge in [0.05, 0.1) is 10.4 Å². The molecule has 0 aliphatic carbocycles. The van der Waals surface area contributed by atoms with Gasteiger partial charge in [0.25, 0.3) is 0 Å². The molecule has 2 aromatic heterocycles. The van der Waals surface area contributed by atoms with Gasteiger partial charge in [-0.1, -0.05) is 12.2 Å². The van der Waals surface area contributed by atoms with Crippen molar-refractivity contribution in [1.82, 2.24) is 9.55 Å². The Morgan fingerprint density at radius 1 is 1.37 bits per heavy atom. The van der Waals surface area contributed by atoms with Crippen molar-refractivity contribution in [2.24, 2.45) is 7.05 Å². The molecule has 0 bridgehead atoms. The van der Waals surface area contributed by atoms with Crippen LogP contribution in [0.2, 0.25) is 0 Å². The summed E-state index contributed by atoms with van der Waals surface area (Å²) in [7, 11) is 3.23. The number of nitrogens with zero attached hydrogens (tertiary/aromatic N) is 3. The van der Waals surface area contributed by atoms with Gasteiger partial charge in [0.2, 0.25) is 6.41 Å². The van der Waals surface area contributed by atoms with Gasteiger partial charge in [0, 0.05) is 20.3 Å². The number of allylic oxidation sites excluding steroid dienone is 2. The molecule has 0 saturated carbocycles. The predicted molar refractivity (Wildman–Crippen MR) is 80.7 cm³/mol. The lowest BCUT2D eigenvalue weighted by Gasteiger charge is -2.18. The van der Waals surface area contributed by atoms with E-state index < -0.39 is 10.9 Å². The maximum atomic E-state index is 11.2. The van der Waals surface area contributed by atoms with Crippen LogP contribution in [-0.4, -0.2) is 23.0 Å². The molecular weight excluding hydrogens is 258 g/mol. The highest BCUT2D eigenvalue weighted by atomic mass is 32.2. The van der Waals surface area contributed by atoms with Crippen LogP contribution >= 0.6 is 10.9 Å². The molecule has 0 fully saturated rings. The average Bonchev–Trinajstić information content (AvgIpc) is 3.05. The number of thiol groups is 1. The summed E-state index contributed by atoms with van der Waals surface area (Å²) >= 11 is 0. The van der Waals surface area contributed by atoms with Crippen molar-refractivity contribution in [2.75, 3.05) is 11.9 Å². The van der Waals surface area contributed by atoms with Gasteiger partial charge in [-0.3, -0.25) is 9.78 Å². The molecule has 19 heavy (non-hydrogen) atoms. The van der Waals surface area contributed by atoms with E-state index in [9.17, 15) is 4.79 Å². The Hall–Kier alpha value is -2.01. The van der Waals surface area contributed by atoms with Crippen LogP contribution in [0.15, 0.2) is 46.2 Å². The van der Waals surface area contributed by atoms with E-state index in [-0.39, 0.29) is 0 Å². The maximum Gasteiger partial charge on any atom is 0.215 e. The van der Waals surface area contributed by atoms with Gasteiger partial charge < -0.3 is 9.47 Å². The van der Waals surface area contributed by atoms with E-state index in [2.05, 4.69) is 28.0 Å². The molecule has 0 spiro atoms. The Kier molecular flexibility index (Phi) is 2.91. The van der Waals surface area contributed by atoms with E-state index in [1.165, 1.54) is 0 Å². The molecule has 0 saturated heterocycles. The second-order valence-electron chi connectivity index (χ2n) is 4.41. The Morgan fingerprint density at radius 3 is 2.79 bits per heavy atom. The van der Waals surface area contributed by atoms with Gasteiger partial charge in [-0.15, -0.1) is 0 Å². The van der Waals surface area contributed by atoms with Gasteiger partial charge in [-0.25, -0.2) is 0 Å². The largest absolute Gasteiger partial charge is 0.328 e.